The number of nitrogens with zero attached hydrogens (tertiary/aromatic N) is 2. The van der Waals surface area contributed by atoms with Crippen LogP contribution in [0.1, 0.15) is 42.1 Å². The van der Waals surface area contributed by atoms with E-state index in [-0.39, 0.29) is 5.92 Å². The first kappa shape index (κ1) is 18.7. The van der Waals surface area contributed by atoms with Crippen LogP contribution in [-0.2, 0) is 12.7 Å². The van der Waals surface area contributed by atoms with Crippen LogP contribution in [0.25, 0.3) is 0 Å². The summed E-state index contributed by atoms with van der Waals surface area (Å²) in [6.45, 7) is 2.99. The molecule has 0 aliphatic heterocycles. The number of anilines is 1. The number of alkyl halides is 3. The second-order valence-corrected chi connectivity index (χ2v) is 6.96. The summed E-state index contributed by atoms with van der Waals surface area (Å²) in [7, 11) is 0. The summed E-state index contributed by atoms with van der Waals surface area (Å²) in [5.41, 5.74) is 1.92. The number of aromatic nitrogens is 2. The highest BCUT2D eigenvalue weighted by Gasteiger charge is 2.37. The summed E-state index contributed by atoms with van der Waals surface area (Å²) in [6.07, 6.45) is -1.89. The van der Waals surface area contributed by atoms with Gasteiger partial charge >= 0.3 is 6.18 Å². The zero-order valence-corrected chi connectivity index (χ0v) is 15.3. The molecular formula is C18H21F3N4S. The molecule has 0 atom stereocenters. The van der Waals surface area contributed by atoms with Gasteiger partial charge in [-0.05, 0) is 62.2 Å². The van der Waals surface area contributed by atoms with Crippen LogP contribution in [0.2, 0.25) is 0 Å². The Labute approximate surface area is 155 Å². The maximum atomic E-state index is 12.9. The topological polar surface area (TPSA) is 41.9 Å². The summed E-state index contributed by atoms with van der Waals surface area (Å²) in [4.78, 5) is 0. The minimum absolute atomic E-state index is 0.218. The number of rotatable bonds is 6. The van der Waals surface area contributed by atoms with Crippen LogP contribution in [0.4, 0.5) is 18.9 Å². The third-order valence-corrected chi connectivity index (χ3v) is 4.45. The normalized spacial score (nSPS) is 14.3. The minimum atomic E-state index is -4.40. The summed E-state index contributed by atoms with van der Waals surface area (Å²) in [5, 5.41) is 10.4. The van der Waals surface area contributed by atoms with Gasteiger partial charge in [0.15, 0.2) is 10.8 Å². The van der Waals surface area contributed by atoms with Gasteiger partial charge in [0.25, 0.3) is 0 Å². The monoisotopic (exact) mass is 382 g/mol. The van der Waals surface area contributed by atoms with Crippen LogP contribution >= 0.6 is 12.2 Å². The van der Waals surface area contributed by atoms with E-state index in [1.165, 1.54) is 10.7 Å². The number of hydrogen-bond acceptors (Lipinski definition) is 2. The van der Waals surface area contributed by atoms with Gasteiger partial charge in [-0.1, -0.05) is 12.1 Å². The van der Waals surface area contributed by atoms with Crippen molar-refractivity contribution < 1.29 is 13.2 Å². The van der Waals surface area contributed by atoms with Crippen LogP contribution in [0.5, 0.6) is 0 Å². The molecule has 1 aromatic heterocycles. The molecule has 0 spiro atoms. The van der Waals surface area contributed by atoms with E-state index in [1.54, 1.807) is 0 Å². The van der Waals surface area contributed by atoms with Gasteiger partial charge < -0.3 is 10.6 Å². The number of thiocarbonyl (C=S) groups is 1. The van der Waals surface area contributed by atoms with Crippen LogP contribution in [0, 0.1) is 6.92 Å². The maximum Gasteiger partial charge on any atom is 0.435 e. The Morgan fingerprint density at radius 1 is 1.31 bits per heavy atom. The molecule has 0 bridgehead atoms. The predicted molar refractivity (Wildman–Crippen MR) is 99.2 cm³/mol. The molecule has 0 unspecified atom stereocenters. The van der Waals surface area contributed by atoms with Crippen molar-refractivity contribution in [3.05, 3.63) is 47.3 Å². The number of halogens is 3. The van der Waals surface area contributed by atoms with E-state index in [0.717, 1.165) is 24.1 Å². The van der Waals surface area contributed by atoms with Gasteiger partial charge in [0.05, 0.1) is 0 Å². The Kier molecular flexibility index (Phi) is 5.50. The van der Waals surface area contributed by atoms with Gasteiger partial charge in [-0.25, -0.2) is 0 Å². The molecule has 2 N–H and O–H groups in total. The third kappa shape index (κ3) is 4.97. The number of aryl methyl sites for hydroxylation is 2. The first-order chi connectivity index (χ1) is 12.3. The molecule has 8 heteroatoms. The van der Waals surface area contributed by atoms with Gasteiger partial charge in [0.1, 0.15) is 0 Å². The van der Waals surface area contributed by atoms with Crippen molar-refractivity contribution in [3.63, 3.8) is 0 Å². The van der Waals surface area contributed by atoms with Gasteiger partial charge in [-0.2, -0.15) is 18.3 Å². The van der Waals surface area contributed by atoms with E-state index in [9.17, 15) is 13.2 Å². The summed E-state index contributed by atoms with van der Waals surface area (Å²) < 4.78 is 40.1. The fourth-order valence-electron chi connectivity index (χ4n) is 2.79. The largest absolute Gasteiger partial charge is 0.435 e. The predicted octanol–water partition coefficient (Wildman–Crippen LogP) is 4.46. The van der Waals surface area contributed by atoms with Gasteiger partial charge in [0, 0.05) is 30.4 Å². The lowest BCUT2D eigenvalue weighted by molar-refractivity contribution is -0.141. The van der Waals surface area contributed by atoms with Crippen molar-refractivity contribution in [1.29, 1.82) is 0 Å². The van der Waals surface area contributed by atoms with Crippen LogP contribution < -0.4 is 10.6 Å². The van der Waals surface area contributed by atoms with Gasteiger partial charge in [0.2, 0.25) is 0 Å². The van der Waals surface area contributed by atoms with Crippen LogP contribution in [0.15, 0.2) is 30.3 Å². The Hall–Kier alpha value is -2.09. The van der Waals surface area contributed by atoms with Crippen molar-refractivity contribution in [2.45, 2.75) is 44.8 Å². The fourth-order valence-corrected chi connectivity index (χ4v) is 3.01. The van der Waals surface area contributed by atoms with Crippen molar-refractivity contribution in [3.8, 4) is 0 Å². The van der Waals surface area contributed by atoms with E-state index in [1.807, 2.05) is 31.2 Å². The summed E-state index contributed by atoms with van der Waals surface area (Å²) >= 11 is 5.25. The zero-order chi connectivity index (χ0) is 18.7. The highest BCUT2D eigenvalue weighted by Crippen LogP contribution is 2.42. The molecule has 0 amide bonds. The van der Waals surface area contributed by atoms with Crippen molar-refractivity contribution in [1.82, 2.24) is 15.1 Å². The first-order valence-corrected chi connectivity index (χ1v) is 9.00. The van der Waals surface area contributed by atoms with Crippen LogP contribution in [-0.4, -0.2) is 21.4 Å². The Bertz CT molecular complexity index is 781. The highest BCUT2D eigenvalue weighted by atomic mass is 32.1. The molecule has 0 radical (unpaired) electrons. The van der Waals surface area contributed by atoms with Crippen molar-refractivity contribution in [2.75, 3.05) is 11.9 Å². The van der Waals surface area contributed by atoms with E-state index < -0.39 is 11.9 Å². The highest BCUT2D eigenvalue weighted by molar-refractivity contribution is 7.80. The van der Waals surface area contributed by atoms with E-state index in [4.69, 9.17) is 12.2 Å². The Morgan fingerprint density at radius 2 is 2.08 bits per heavy atom. The molecule has 1 heterocycles. The fraction of sp³-hybridized carbons (Fsp3) is 0.444. The number of hydrogen-bond donors (Lipinski definition) is 2. The molecule has 26 heavy (non-hydrogen) atoms. The average Bonchev–Trinajstić information content (AvgIpc) is 3.30. The average molecular weight is 382 g/mol. The molecule has 3 rings (SSSR count). The van der Waals surface area contributed by atoms with E-state index >= 15 is 0 Å². The molecule has 4 nitrogen and oxygen atoms in total. The summed E-state index contributed by atoms with van der Waals surface area (Å²) in [5.74, 6) is 0.218. The molecule has 0 saturated heterocycles. The van der Waals surface area contributed by atoms with Crippen molar-refractivity contribution >= 4 is 23.0 Å². The zero-order valence-electron chi connectivity index (χ0n) is 14.4. The summed E-state index contributed by atoms with van der Waals surface area (Å²) in [6, 6.07) is 9.03. The standard InChI is InChI=1S/C18H21F3N4S/c1-12-4-2-5-14(10-12)23-17(26)22-8-3-9-25-15(13-6-7-13)11-16(24-25)18(19,20)21/h2,4-5,10-11,13H,3,6-9H2,1H3,(H2,22,23,26). The lowest BCUT2D eigenvalue weighted by Gasteiger charge is -2.11. The van der Waals surface area contributed by atoms with Crippen molar-refractivity contribution in [2.24, 2.45) is 0 Å². The molecule has 1 fully saturated rings. The third-order valence-electron chi connectivity index (χ3n) is 4.21. The molecule has 1 aliphatic carbocycles. The van der Waals surface area contributed by atoms with E-state index in [2.05, 4.69) is 15.7 Å². The maximum absolute atomic E-state index is 12.9. The molecular weight excluding hydrogens is 361 g/mol. The molecule has 1 aliphatic rings. The molecule has 140 valence electrons. The number of benzene rings is 1. The Balaban J connectivity index is 1.49. The molecule has 1 saturated carbocycles. The molecule has 1 aromatic carbocycles. The lowest BCUT2D eigenvalue weighted by atomic mass is 10.2. The van der Waals surface area contributed by atoms with Gasteiger partial charge in [-0.3, -0.25) is 4.68 Å². The second-order valence-electron chi connectivity index (χ2n) is 6.55. The van der Waals surface area contributed by atoms with Gasteiger partial charge in [-0.15, -0.1) is 0 Å². The lowest BCUT2D eigenvalue weighted by Crippen LogP contribution is -2.30. The van der Waals surface area contributed by atoms with E-state index in [0.29, 0.717) is 30.3 Å². The Morgan fingerprint density at radius 3 is 2.73 bits per heavy atom. The quantitative estimate of drug-likeness (QED) is 0.572. The SMILES string of the molecule is Cc1cccc(NC(=S)NCCCn2nc(C(F)(F)F)cc2C2CC2)c1. The molecule has 2 aromatic rings. The van der Waals surface area contributed by atoms with Crippen LogP contribution in [0.3, 0.4) is 0 Å². The number of nitrogens with one attached hydrogen (secondary N) is 2. The minimum Gasteiger partial charge on any atom is -0.362 e. The second kappa shape index (κ2) is 7.65. The first-order valence-electron chi connectivity index (χ1n) is 8.59. The smallest absolute Gasteiger partial charge is 0.362 e.